The second kappa shape index (κ2) is 8.77. The molecular weight excluding hydrogens is 264 g/mol. The summed E-state index contributed by atoms with van der Waals surface area (Å²) in [6.07, 6.45) is 4.78. The highest BCUT2D eigenvalue weighted by Crippen LogP contribution is 2.53. The van der Waals surface area contributed by atoms with Gasteiger partial charge < -0.3 is 9.47 Å². The average molecular weight is 298 g/mol. The molecule has 5 atom stereocenters. The molecule has 21 heavy (non-hydrogen) atoms. The Kier molecular flexibility index (Phi) is 7.72. The van der Waals surface area contributed by atoms with Crippen molar-refractivity contribution in [2.45, 2.75) is 73.3 Å². The van der Waals surface area contributed by atoms with Crippen LogP contribution in [0.25, 0.3) is 0 Å². The molecule has 0 aromatic rings. The lowest BCUT2D eigenvalue weighted by atomic mass is 9.89. The summed E-state index contributed by atoms with van der Waals surface area (Å²) in [5, 5.41) is 0. The Morgan fingerprint density at radius 2 is 1.76 bits per heavy atom. The van der Waals surface area contributed by atoms with E-state index in [0.717, 1.165) is 36.5 Å². The van der Waals surface area contributed by atoms with E-state index in [1.807, 2.05) is 27.7 Å². The third kappa shape index (κ3) is 4.70. The first-order valence-electron chi connectivity index (χ1n) is 8.81. The molecule has 2 aliphatic rings. The SMILES string of the molecule is CC.CCC1CC(C)C2CC(C(=O)OCOC(C)C)CC12. The van der Waals surface area contributed by atoms with Crippen molar-refractivity contribution in [1.82, 2.24) is 0 Å². The van der Waals surface area contributed by atoms with Gasteiger partial charge in [0.1, 0.15) is 0 Å². The van der Waals surface area contributed by atoms with Crippen molar-refractivity contribution in [1.29, 1.82) is 0 Å². The molecule has 3 heteroatoms. The van der Waals surface area contributed by atoms with Gasteiger partial charge in [-0.15, -0.1) is 0 Å². The Morgan fingerprint density at radius 3 is 2.33 bits per heavy atom. The Hall–Kier alpha value is -0.570. The number of rotatable bonds is 5. The molecule has 0 aliphatic heterocycles. The fourth-order valence-corrected chi connectivity index (χ4v) is 4.13. The molecule has 0 saturated heterocycles. The minimum Gasteiger partial charge on any atom is -0.438 e. The Bertz CT molecular complexity index is 314. The van der Waals surface area contributed by atoms with E-state index < -0.39 is 0 Å². The Morgan fingerprint density at radius 1 is 1.14 bits per heavy atom. The maximum atomic E-state index is 12.1. The maximum absolute atomic E-state index is 12.1. The molecule has 2 saturated carbocycles. The van der Waals surface area contributed by atoms with Gasteiger partial charge in [-0.2, -0.15) is 0 Å². The van der Waals surface area contributed by atoms with Gasteiger partial charge in [-0.05, 0) is 56.8 Å². The molecule has 3 nitrogen and oxygen atoms in total. The fourth-order valence-electron chi connectivity index (χ4n) is 4.13. The standard InChI is InChI=1S/C16H28O3.C2H6/c1-5-12-6-11(4)14-7-13(8-15(12)14)16(17)19-9-18-10(2)3;1-2/h10-15H,5-9H2,1-4H3;1-2H3. The number of ether oxygens (including phenoxy) is 2. The lowest BCUT2D eigenvalue weighted by molar-refractivity contribution is -0.164. The van der Waals surface area contributed by atoms with Crippen LogP contribution in [0.4, 0.5) is 0 Å². The molecule has 0 N–H and O–H groups in total. The normalized spacial score (nSPS) is 34.3. The summed E-state index contributed by atoms with van der Waals surface area (Å²) in [5.41, 5.74) is 0. The molecule has 5 unspecified atom stereocenters. The van der Waals surface area contributed by atoms with Crippen molar-refractivity contribution in [3.05, 3.63) is 0 Å². The first-order valence-corrected chi connectivity index (χ1v) is 8.81. The molecule has 2 rings (SSSR count). The lowest BCUT2D eigenvalue weighted by Crippen LogP contribution is -2.20. The second-order valence-corrected chi connectivity index (χ2v) is 6.67. The highest BCUT2D eigenvalue weighted by atomic mass is 16.7. The summed E-state index contributed by atoms with van der Waals surface area (Å²) < 4.78 is 10.5. The van der Waals surface area contributed by atoms with E-state index in [-0.39, 0.29) is 24.8 Å². The zero-order chi connectivity index (χ0) is 16.0. The van der Waals surface area contributed by atoms with Crippen molar-refractivity contribution in [3.63, 3.8) is 0 Å². The summed E-state index contributed by atoms with van der Waals surface area (Å²) in [5.74, 6) is 3.17. The number of carbonyl (C=O) groups excluding carboxylic acids is 1. The predicted molar refractivity (Wildman–Crippen MR) is 85.8 cm³/mol. The highest BCUT2D eigenvalue weighted by Gasteiger charge is 2.48. The van der Waals surface area contributed by atoms with Gasteiger partial charge in [-0.25, -0.2) is 0 Å². The largest absolute Gasteiger partial charge is 0.438 e. The van der Waals surface area contributed by atoms with Gasteiger partial charge in [0.05, 0.1) is 12.0 Å². The zero-order valence-electron chi connectivity index (χ0n) is 14.7. The monoisotopic (exact) mass is 298 g/mol. The van der Waals surface area contributed by atoms with Crippen LogP contribution in [0.5, 0.6) is 0 Å². The van der Waals surface area contributed by atoms with E-state index in [4.69, 9.17) is 9.47 Å². The van der Waals surface area contributed by atoms with Crippen LogP contribution in [0.15, 0.2) is 0 Å². The minimum atomic E-state index is -0.0443. The van der Waals surface area contributed by atoms with Gasteiger partial charge in [-0.3, -0.25) is 4.79 Å². The lowest BCUT2D eigenvalue weighted by Gasteiger charge is -2.17. The van der Waals surface area contributed by atoms with Crippen LogP contribution >= 0.6 is 0 Å². The van der Waals surface area contributed by atoms with Crippen LogP contribution < -0.4 is 0 Å². The van der Waals surface area contributed by atoms with E-state index in [2.05, 4.69) is 13.8 Å². The van der Waals surface area contributed by atoms with Crippen molar-refractivity contribution < 1.29 is 14.3 Å². The van der Waals surface area contributed by atoms with Gasteiger partial charge in [0.2, 0.25) is 0 Å². The molecule has 0 aromatic carbocycles. The molecule has 2 aliphatic carbocycles. The first-order chi connectivity index (χ1) is 10.0. The minimum absolute atomic E-state index is 0.0443. The molecule has 0 heterocycles. The van der Waals surface area contributed by atoms with E-state index >= 15 is 0 Å². The summed E-state index contributed by atoms with van der Waals surface area (Å²) in [6, 6.07) is 0. The van der Waals surface area contributed by atoms with Gasteiger partial charge in [0.15, 0.2) is 6.79 Å². The van der Waals surface area contributed by atoms with E-state index in [0.29, 0.717) is 0 Å². The third-order valence-electron chi connectivity index (χ3n) is 5.13. The Labute approximate surface area is 130 Å². The van der Waals surface area contributed by atoms with Crippen molar-refractivity contribution in [3.8, 4) is 0 Å². The quantitative estimate of drug-likeness (QED) is 0.547. The zero-order valence-corrected chi connectivity index (χ0v) is 14.7. The molecule has 0 aromatic heterocycles. The summed E-state index contributed by atoms with van der Waals surface area (Å²) in [4.78, 5) is 12.1. The van der Waals surface area contributed by atoms with Crippen LogP contribution in [-0.2, 0) is 14.3 Å². The summed E-state index contributed by atoms with van der Waals surface area (Å²) >= 11 is 0. The van der Waals surface area contributed by atoms with Gasteiger partial charge in [-0.1, -0.05) is 34.1 Å². The molecule has 0 spiro atoms. The number of esters is 1. The van der Waals surface area contributed by atoms with Crippen LogP contribution in [0.2, 0.25) is 0 Å². The van der Waals surface area contributed by atoms with Crippen molar-refractivity contribution >= 4 is 5.97 Å². The predicted octanol–water partition coefficient (Wildman–Crippen LogP) is 4.65. The molecule has 2 fully saturated rings. The van der Waals surface area contributed by atoms with E-state index in [9.17, 15) is 4.79 Å². The van der Waals surface area contributed by atoms with Crippen LogP contribution in [0, 0.1) is 29.6 Å². The van der Waals surface area contributed by atoms with Crippen molar-refractivity contribution in [2.75, 3.05) is 6.79 Å². The maximum Gasteiger partial charge on any atom is 0.311 e. The molecule has 124 valence electrons. The van der Waals surface area contributed by atoms with Crippen LogP contribution in [0.1, 0.15) is 67.2 Å². The third-order valence-corrected chi connectivity index (χ3v) is 5.13. The van der Waals surface area contributed by atoms with E-state index in [1.165, 1.54) is 12.8 Å². The summed E-state index contributed by atoms with van der Waals surface area (Å²) in [6.45, 7) is 12.6. The second-order valence-electron chi connectivity index (χ2n) is 6.67. The van der Waals surface area contributed by atoms with Crippen LogP contribution in [0.3, 0.4) is 0 Å². The number of hydrogen-bond acceptors (Lipinski definition) is 3. The van der Waals surface area contributed by atoms with Gasteiger partial charge in [0.25, 0.3) is 0 Å². The fraction of sp³-hybridized carbons (Fsp3) is 0.944. The molecule has 0 bridgehead atoms. The summed E-state index contributed by atoms with van der Waals surface area (Å²) in [7, 11) is 0. The Balaban J connectivity index is 0.00000106. The topological polar surface area (TPSA) is 35.5 Å². The first kappa shape index (κ1) is 18.5. The number of carbonyl (C=O) groups is 1. The molecule has 0 amide bonds. The highest BCUT2D eigenvalue weighted by molar-refractivity contribution is 5.72. The molecule has 0 radical (unpaired) electrons. The average Bonchev–Trinajstić information content (AvgIpc) is 3.01. The van der Waals surface area contributed by atoms with E-state index in [1.54, 1.807) is 0 Å². The smallest absolute Gasteiger partial charge is 0.311 e. The van der Waals surface area contributed by atoms with Gasteiger partial charge in [0, 0.05) is 0 Å². The number of fused-ring (bicyclic) bond motifs is 1. The van der Waals surface area contributed by atoms with Crippen molar-refractivity contribution in [2.24, 2.45) is 29.6 Å². The van der Waals surface area contributed by atoms with Crippen LogP contribution in [-0.4, -0.2) is 18.9 Å². The van der Waals surface area contributed by atoms with Gasteiger partial charge >= 0.3 is 5.97 Å². The molecular formula is C18H34O3. The number of hydrogen-bond donors (Lipinski definition) is 0.